The Morgan fingerprint density at radius 1 is 1.46 bits per heavy atom. The van der Waals surface area contributed by atoms with Crippen molar-refractivity contribution in [3.8, 4) is 0 Å². The summed E-state index contributed by atoms with van der Waals surface area (Å²) < 4.78 is 0. The maximum Gasteiger partial charge on any atom is 0.336 e. The highest BCUT2D eigenvalue weighted by molar-refractivity contribution is 5.79. The Balaban J connectivity index is 2.42. The molecule has 0 aromatic rings. The van der Waals surface area contributed by atoms with Crippen LogP contribution in [0.25, 0.3) is 0 Å². The van der Waals surface area contributed by atoms with E-state index in [0.717, 1.165) is 0 Å². The first-order valence-corrected chi connectivity index (χ1v) is 4.53. The third-order valence-electron chi connectivity index (χ3n) is 3.71. The van der Waals surface area contributed by atoms with Gasteiger partial charge in [0, 0.05) is 5.92 Å². The van der Waals surface area contributed by atoms with Crippen molar-refractivity contribution in [2.45, 2.75) is 25.9 Å². The molecule has 0 aromatic heterocycles. The summed E-state index contributed by atoms with van der Waals surface area (Å²) in [5, 5.41) is 18.9. The number of allylic oxidation sites excluding steroid dienone is 1. The van der Waals surface area contributed by atoms with E-state index in [-0.39, 0.29) is 17.3 Å². The van der Waals surface area contributed by atoms with E-state index in [1.54, 1.807) is 0 Å². The molecule has 0 unspecified atom stereocenters. The average Bonchev–Trinajstić information content (AvgIpc) is 2.38. The lowest BCUT2D eigenvalue weighted by Crippen LogP contribution is -2.44. The van der Waals surface area contributed by atoms with Gasteiger partial charge in [-0.2, -0.15) is 0 Å². The minimum Gasteiger partial charge on any atom is -0.479 e. The van der Waals surface area contributed by atoms with Crippen LogP contribution in [0, 0.1) is 17.3 Å². The fraction of sp³-hybridized carbons (Fsp3) is 0.700. The average molecular weight is 182 g/mol. The molecule has 1 saturated carbocycles. The highest BCUT2D eigenvalue weighted by Gasteiger charge is 2.62. The van der Waals surface area contributed by atoms with E-state index in [1.807, 2.05) is 26.0 Å². The van der Waals surface area contributed by atoms with Crippen molar-refractivity contribution in [2.75, 3.05) is 0 Å². The molecule has 13 heavy (non-hydrogen) atoms. The standard InChI is InChI=1S/C10H14O3/c1-9(2)6-3-4-7(9)10(13,5-6)8(11)12/h3-4,6-7,13H,5H2,1-2H3,(H,11,12)/t6-,7+,10+/m1/s1. The Morgan fingerprint density at radius 3 is 2.31 bits per heavy atom. The quantitative estimate of drug-likeness (QED) is 0.595. The molecule has 0 spiro atoms. The van der Waals surface area contributed by atoms with Gasteiger partial charge in [0.15, 0.2) is 5.60 Å². The molecule has 2 N–H and O–H groups in total. The predicted octanol–water partition coefficient (Wildman–Crippen LogP) is 1.03. The molecule has 3 atom stereocenters. The summed E-state index contributed by atoms with van der Waals surface area (Å²) in [6, 6.07) is 0. The Bertz CT molecular complexity index is 293. The zero-order chi connectivity index (χ0) is 9.85. The van der Waals surface area contributed by atoms with E-state index in [9.17, 15) is 9.90 Å². The number of hydrogen-bond acceptors (Lipinski definition) is 2. The van der Waals surface area contributed by atoms with Crippen molar-refractivity contribution in [3.63, 3.8) is 0 Å². The van der Waals surface area contributed by atoms with Gasteiger partial charge in [0.2, 0.25) is 0 Å². The van der Waals surface area contributed by atoms with E-state index < -0.39 is 11.6 Å². The van der Waals surface area contributed by atoms with Gasteiger partial charge in [-0.3, -0.25) is 0 Å². The molecule has 1 fully saturated rings. The van der Waals surface area contributed by atoms with Crippen molar-refractivity contribution < 1.29 is 15.0 Å². The van der Waals surface area contributed by atoms with Crippen LogP contribution in [0.3, 0.4) is 0 Å². The van der Waals surface area contributed by atoms with Crippen LogP contribution in [-0.2, 0) is 4.79 Å². The Morgan fingerprint density at radius 2 is 2.08 bits per heavy atom. The largest absolute Gasteiger partial charge is 0.479 e. The fourth-order valence-corrected chi connectivity index (χ4v) is 2.76. The van der Waals surface area contributed by atoms with E-state index in [0.29, 0.717) is 6.42 Å². The number of carbonyl (C=O) groups is 1. The molecule has 0 heterocycles. The molecule has 2 aliphatic rings. The van der Waals surface area contributed by atoms with Crippen molar-refractivity contribution in [2.24, 2.45) is 17.3 Å². The smallest absolute Gasteiger partial charge is 0.336 e. The second-order valence-corrected chi connectivity index (χ2v) is 4.72. The Kier molecular flexibility index (Phi) is 1.45. The SMILES string of the molecule is CC1(C)[C@@H]2C=C[C@@H]1[C@](O)(C(=O)O)C2. The van der Waals surface area contributed by atoms with Crippen molar-refractivity contribution in [1.29, 1.82) is 0 Å². The lowest BCUT2D eigenvalue weighted by molar-refractivity contribution is -0.162. The number of aliphatic carboxylic acids is 1. The third-order valence-corrected chi connectivity index (χ3v) is 3.71. The summed E-state index contributed by atoms with van der Waals surface area (Å²) in [6.07, 6.45) is 4.24. The molecule has 2 rings (SSSR count). The van der Waals surface area contributed by atoms with Gasteiger partial charge in [-0.05, 0) is 17.8 Å². The molecule has 0 saturated heterocycles. The maximum absolute atomic E-state index is 10.9. The van der Waals surface area contributed by atoms with E-state index in [1.165, 1.54) is 0 Å². The van der Waals surface area contributed by atoms with Crippen LogP contribution in [0.5, 0.6) is 0 Å². The monoisotopic (exact) mass is 182 g/mol. The molecule has 0 radical (unpaired) electrons. The van der Waals surface area contributed by atoms with Gasteiger partial charge in [-0.25, -0.2) is 4.79 Å². The van der Waals surface area contributed by atoms with Crippen molar-refractivity contribution in [3.05, 3.63) is 12.2 Å². The lowest BCUT2D eigenvalue weighted by Gasteiger charge is -2.29. The maximum atomic E-state index is 10.9. The van der Waals surface area contributed by atoms with Gasteiger partial charge in [0.05, 0.1) is 0 Å². The molecular weight excluding hydrogens is 168 g/mol. The lowest BCUT2D eigenvalue weighted by atomic mass is 9.78. The van der Waals surface area contributed by atoms with Gasteiger partial charge in [0.1, 0.15) is 0 Å². The van der Waals surface area contributed by atoms with Crippen molar-refractivity contribution in [1.82, 2.24) is 0 Å². The molecule has 72 valence electrons. The van der Waals surface area contributed by atoms with Gasteiger partial charge in [-0.1, -0.05) is 26.0 Å². The molecule has 3 heteroatoms. The van der Waals surface area contributed by atoms with E-state index in [2.05, 4.69) is 0 Å². The molecule has 2 bridgehead atoms. The number of aliphatic hydroxyl groups is 1. The number of carboxylic acid groups (broad SMARTS) is 1. The molecule has 3 nitrogen and oxygen atoms in total. The highest BCUT2D eigenvalue weighted by Crippen LogP contribution is 2.58. The topological polar surface area (TPSA) is 57.5 Å². The first-order valence-electron chi connectivity index (χ1n) is 4.53. The first kappa shape index (κ1) is 8.75. The number of carboxylic acids is 1. The van der Waals surface area contributed by atoms with Gasteiger partial charge in [-0.15, -0.1) is 0 Å². The van der Waals surface area contributed by atoms with Crippen LogP contribution < -0.4 is 0 Å². The van der Waals surface area contributed by atoms with Crippen LogP contribution in [-0.4, -0.2) is 21.8 Å². The fourth-order valence-electron chi connectivity index (χ4n) is 2.76. The van der Waals surface area contributed by atoms with Crippen LogP contribution >= 0.6 is 0 Å². The highest BCUT2D eigenvalue weighted by atomic mass is 16.4. The summed E-state index contributed by atoms with van der Waals surface area (Å²) in [4.78, 5) is 10.9. The summed E-state index contributed by atoms with van der Waals surface area (Å²) in [6.45, 7) is 4.03. The summed E-state index contributed by atoms with van der Waals surface area (Å²) in [5.74, 6) is -1.11. The first-order chi connectivity index (χ1) is 5.89. The Hall–Kier alpha value is -0.830. The zero-order valence-corrected chi connectivity index (χ0v) is 7.82. The molecule has 0 amide bonds. The summed E-state index contributed by atoms with van der Waals surface area (Å²) in [7, 11) is 0. The summed E-state index contributed by atoms with van der Waals surface area (Å²) in [5.41, 5.74) is -1.63. The van der Waals surface area contributed by atoms with Crippen LogP contribution in [0.15, 0.2) is 12.2 Å². The second kappa shape index (κ2) is 2.15. The number of rotatable bonds is 1. The van der Waals surface area contributed by atoms with E-state index >= 15 is 0 Å². The van der Waals surface area contributed by atoms with Crippen molar-refractivity contribution >= 4 is 5.97 Å². The van der Waals surface area contributed by atoms with Crippen LogP contribution in [0.1, 0.15) is 20.3 Å². The predicted molar refractivity (Wildman–Crippen MR) is 47.1 cm³/mol. The van der Waals surface area contributed by atoms with Crippen LogP contribution in [0.2, 0.25) is 0 Å². The zero-order valence-electron chi connectivity index (χ0n) is 7.82. The van der Waals surface area contributed by atoms with Gasteiger partial charge >= 0.3 is 5.97 Å². The van der Waals surface area contributed by atoms with Gasteiger partial charge in [0.25, 0.3) is 0 Å². The second-order valence-electron chi connectivity index (χ2n) is 4.72. The number of hydrogen-bond donors (Lipinski definition) is 2. The Labute approximate surface area is 77.1 Å². The van der Waals surface area contributed by atoms with E-state index in [4.69, 9.17) is 5.11 Å². The molecule has 0 aliphatic heterocycles. The minimum absolute atomic E-state index is 0.104. The van der Waals surface area contributed by atoms with Gasteiger partial charge < -0.3 is 10.2 Å². The summed E-state index contributed by atoms with van der Waals surface area (Å²) >= 11 is 0. The molecular formula is C10H14O3. The van der Waals surface area contributed by atoms with Crippen LogP contribution in [0.4, 0.5) is 0 Å². The number of fused-ring (bicyclic) bond motifs is 2. The molecule has 2 aliphatic carbocycles. The molecule has 0 aromatic carbocycles. The minimum atomic E-state index is -1.52. The third kappa shape index (κ3) is 0.854. The normalized spacial score (nSPS) is 45.5.